The van der Waals surface area contributed by atoms with Crippen molar-refractivity contribution in [3.63, 3.8) is 0 Å². The average Bonchev–Trinajstić information content (AvgIpc) is 2.25. The highest BCUT2D eigenvalue weighted by Crippen LogP contribution is 2.49. The highest BCUT2D eigenvalue weighted by atomic mass is 31.2. The zero-order valence-electron chi connectivity index (χ0n) is 10.8. The van der Waals surface area contributed by atoms with Crippen LogP contribution in [0, 0.1) is 0 Å². The van der Waals surface area contributed by atoms with E-state index in [-0.39, 0.29) is 19.3 Å². The third kappa shape index (κ3) is 7.34. The minimum atomic E-state index is -4.73. The van der Waals surface area contributed by atoms with Gasteiger partial charge in [-0.2, -0.15) is 13.2 Å². The van der Waals surface area contributed by atoms with E-state index in [9.17, 15) is 22.5 Å². The molecule has 0 bridgehead atoms. The van der Waals surface area contributed by atoms with E-state index in [1.165, 1.54) is 13.8 Å². The van der Waals surface area contributed by atoms with Gasteiger partial charge < -0.3 is 13.8 Å². The smallest absolute Gasteiger partial charge is 0.410 e. The number of esters is 1. The van der Waals surface area contributed by atoms with Gasteiger partial charge in [0.2, 0.25) is 0 Å². The number of halogens is 3. The van der Waals surface area contributed by atoms with Crippen molar-refractivity contribution in [2.24, 2.45) is 0 Å². The predicted octanol–water partition coefficient (Wildman–Crippen LogP) is 2.91. The van der Waals surface area contributed by atoms with Crippen LogP contribution >= 0.6 is 7.60 Å². The van der Waals surface area contributed by atoms with Crippen molar-refractivity contribution in [1.82, 2.24) is 0 Å². The van der Waals surface area contributed by atoms with Gasteiger partial charge in [0.1, 0.15) is 0 Å². The largest absolute Gasteiger partial charge is 0.466 e. The zero-order valence-corrected chi connectivity index (χ0v) is 11.7. The molecule has 9 heteroatoms. The Labute approximate surface area is 109 Å². The summed E-state index contributed by atoms with van der Waals surface area (Å²) >= 11 is 0. The summed E-state index contributed by atoms with van der Waals surface area (Å²) in [5.74, 6) is -1.23. The van der Waals surface area contributed by atoms with Crippen LogP contribution in [-0.4, -0.2) is 38.6 Å². The molecule has 0 saturated carbocycles. The van der Waals surface area contributed by atoms with E-state index in [4.69, 9.17) is 9.05 Å². The van der Waals surface area contributed by atoms with E-state index in [0.717, 1.165) is 7.11 Å². The summed E-state index contributed by atoms with van der Waals surface area (Å²) in [4.78, 5) is 11.3. The van der Waals surface area contributed by atoms with Crippen LogP contribution in [-0.2, 0) is 23.1 Å². The van der Waals surface area contributed by atoms with Crippen LogP contribution in [0.3, 0.4) is 0 Å². The van der Waals surface area contributed by atoms with Gasteiger partial charge in [0.05, 0.1) is 32.1 Å². The maximum absolute atomic E-state index is 12.3. The minimum absolute atomic E-state index is 0.0161. The number of alkyl halides is 3. The molecule has 0 aliphatic rings. The normalized spacial score (nSPS) is 13.5. The van der Waals surface area contributed by atoms with Crippen LogP contribution < -0.4 is 0 Å². The Kier molecular flexibility index (Phi) is 7.33. The van der Waals surface area contributed by atoms with Gasteiger partial charge in [0, 0.05) is 6.08 Å². The number of carbonyl (C=O) groups excluding carboxylic acids is 1. The second-order valence-corrected chi connectivity index (χ2v) is 5.36. The molecule has 0 aromatic heterocycles. The molecule has 0 unspecified atom stereocenters. The molecule has 0 radical (unpaired) electrons. The van der Waals surface area contributed by atoms with Gasteiger partial charge in [0.25, 0.3) is 0 Å². The number of methoxy groups -OCH3 is 1. The third-order valence-electron chi connectivity index (χ3n) is 1.80. The first-order valence-corrected chi connectivity index (χ1v) is 7.15. The zero-order chi connectivity index (χ0) is 15.1. The summed E-state index contributed by atoms with van der Waals surface area (Å²) in [7, 11) is -2.87. The van der Waals surface area contributed by atoms with Crippen molar-refractivity contribution in [2.45, 2.75) is 20.0 Å². The van der Waals surface area contributed by atoms with Gasteiger partial charge in [-0.3, -0.25) is 4.57 Å². The lowest BCUT2D eigenvalue weighted by atomic mass is 10.3. The number of hydrogen-bond acceptors (Lipinski definition) is 5. The number of allylic oxidation sites excluding steroid dienone is 1. The monoisotopic (exact) mass is 304 g/mol. The first-order valence-electron chi connectivity index (χ1n) is 5.42. The molecule has 0 aromatic carbocycles. The maximum atomic E-state index is 12.3. The van der Waals surface area contributed by atoms with Crippen molar-refractivity contribution in [3.8, 4) is 0 Å². The molecule has 0 atom stereocenters. The highest BCUT2D eigenvalue weighted by Gasteiger charge is 2.33. The molecule has 0 heterocycles. The number of rotatable bonds is 7. The summed E-state index contributed by atoms with van der Waals surface area (Å²) in [6, 6.07) is 0. The van der Waals surface area contributed by atoms with E-state index in [1.54, 1.807) is 0 Å². The Bertz CT molecular complexity index is 368. The quantitative estimate of drug-likeness (QED) is 0.411. The Morgan fingerprint density at radius 2 is 1.68 bits per heavy atom. The van der Waals surface area contributed by atoms with E-state index in [0.29, 0.717) is 0 Å². The number of ether oxygens (including phenoxy) is 1. The van der Waals surface area contributed by atoms with Crippen LogP contribution in [0.5, 0.6) is 0 Å². The van der Waals surface area contributed by atoms with Crippen LogP contribution in [0.4, 0.5) is 13.2 Å². The Hall–Kier alpha value is -0.850. The van der Waals surface area contributed by atoms with Gasteiger partial charge in [-0.1, -0.05) is 0 Å². The molecule has 0 spiro atoms. The van der Waals surface area contributed by atoms with E-state index < -0.39 is 31.5 Å². The molecule has 5 nitrogen and oxygen atoms in total. The third-order valence-corrected chi connectivity index (χ3v) is 3.83. The van der Waals surface area contributed by atoms with E-state index >= 15 is 0 Å². The van der Waals surface area contributed by atoms with Gasteiger partial charge >= 0.3 is 19.7 Å². The van der Waals surface area contributed by atoms with Crippen LogP contribution in [0.25, 0.3) is 0 Å². The van der Waals surface area contributed by atoms with E-state index in [1.807, 2.05) is 0 Å². The summed E-state index contributed by atoms with van der Waals surface area (Å²) < 4.78 is 62.8. The fourth-order valence-corrected chi connectivity index (χ4v) is 2.91. The van der Waals surface area contributed by atoms with Gasteiger partial charge in [-0.15, -0.1) is 0 Å². The summed E-state index contributed by atoms with van der Waals surface area (Å²) in [5, 5.41) is 0. The summed E-state index contributed by atoms with van der Waals surface area (Å²) in [6.07, 6.45) is -5.78. The molecule has 0 saturated heterocycles. The molecule has 0 aliphatic carbocycles. The van der Waals surface area contributed by atoms with Gasteiger partial charge in [-0.25, -0.2) is 4.79 Å². The summed E-state index contributed by atoms with van der Waals surface area (Å²) in [6.45, 7) is 2.99. The Morgan fingerprint density at radius 3 is 2.00 bits per heavy atom. The van der Waals surface area contributed by atoms with Crippen LogP contribution in [0.15, 0.2) is 11.6 Å². The second-order valence-electron chi connectivity index (χ2n) is 3.31. The van der Waals surface area contributed by atoms with Crippen molar-refractivity contribution < 1.29 is 36.3 Å². The van der Waals surface area contributed by atoms with Crippen molar-refractivity contribution >= 4 is 13.6 Å². The fraction of sp³-hybridized carbons (Fsp3) is 0.700. The molecular formula is C10H16F3O5P. The predicted molar refractivity (Wildman–Crippen MR) is 61.9 cm³/mol. The standard InChI is InChI=1S/C10H16F3O5P/c1-4-17-19(15,18-5-2)7-8(9(14)16-3)6-10(11,12)13/h6H,4-5,7H2,1-3H3. The molecule has 0 rings (SSSR count). The minimum Gasteiger partial charge on any atom is -0.466 e. The lowest BCUT2D eigenvalue weighted by Crippen LogP contribution is -2.15. The molecule has 0 amide bonds. The average molecular weight is 304 g/mol. The molecule has 112 valence electrons. The van der Waals surface area contributed by atoms with Gasteiger partial charge in [-0.05, 0) is 13.8 Å². The lowest BCUT2D eigenvalue weighted by molar-refractivity contribution is -0.136. The number of hydrogen-bond donors (Lipinski definition) is 0. The van der Waals surface area contributed by atoms with Crippen LogP contribution in [0.1, 0.15) is 13.8 Å². The SMILES string of the molecule is CCOP(=O)(CC(=CC(F)(F)F)C(=O)OC)OCC. The molecule has 0 N–H and O–H groups in total. The first kappa shape index (κ1) is 18.1. The molecule has 0 aliphatic heterocycles. The first-order chi connectivity index (χ1) is 8.67. The second kappa shape index (κ2) is 7.67. The lowest BCUT2D eigenvalue weighted by Gasteiger charge is -2.18. The molecular weight excluding hydrogens is 288 g/mol. The molecule has 0 aromatic rings. The topological polar surface area (TPSA) is 61.8 Å². The maximum Gasteiger partial charge on any atom is 0.410 e. The van der Waals surface area contributed by atoms with E-state index in [2.05, 4.69) is 4.74 Å². The van der Waals surface area contributed by atoms with Crippen molar-refractivity contribution in [3.05, 3.63) is 11.6 Å². The number of carbonyl (C=O) groups is 1. The van der Waals surface area contributed by atoms with Crippen LogP contribution in [0.2, 0.25) is 0 Å². The Morgan fingerprint density at radius 1 is 1.21 bits per heavy atom. The Balaban J connectivity index is 5.25. The molecule has 19 heavy (non-hydrogen) atoms. The highest BCUT2D eigenvalue weighted by molar-refractivity contribution is 7.54. The molecule has 0 fully saturated rings. The summed E-state index contributed by atoms with van der Waals surface area (Å²) in [5.41, 5.74) is -0.805. The fourth-order valence-electron chi connectivity index (χ4n) is 1.23. The van der Waals surface area contributed by atoms with Crippen molar-refractivity contribution in [1.29, 1.82) is 0 Å². The van der Waals surface area contributed by atoms with Gasteiger partial charge in [0.15, 0.2) is 0 Å². The van der Waals surface area contributed by atoms with Crippen molar-refractivity contribution in [2.75, 3.05) is 26.5 Å².